The number of nitrogens with one attached hydrogen (secondary N) is 2. The zero-order valence-electron chi connectivity index (χ0n) is 15.2. The Morgan fingerprint density at radius 3 is 2.96 bits per heavy atom. The number of imidazole rings is 1. The van der Waals surface area contributed by atoms with Gasteiger partial charge in [-0.05, 0) is 43.3 Å². The number of aromatic amines is 1. The zero-order valence-corrected chi connectivity index (χ0v) is 15.9. The molecule has 0 radical (unpaired) electrons. The molecule has 0 amide bonds. The molecule has 2 N–H and O–H groups in total. The van der Waals surface area contributed by atoms with Crippen molar-refractivity contribution in [1.82, 2.24) is 15.3 Å². The lowest BCUT2D eigenvalue weighted by Crippen LogP contribution is -2.36. The van der Waals surface area contributed by atoms with E-state index < -0.39 is 5.82 Å². The van der Waals surface area contributed by atoms with E-state index in [4.69, 9.17) is 16.3 Å². The first-order valence-electron chi connectivity index (χ1n) is 9.02. The molecule has 8 heteroatoms. The number of H-pyrrole nitrogens is 1. The molecule has 0 fully saturated rings. The molecule has 1 aliphatic rings. The van der Waals surface area contributed by atoms with Crippen LogP contribution in [-0.4, -0.2) is 41.1 Å². The van der Waals surface area contributed by atoms with Gasteiger partial charge in [0.05, 0.1) is 22.6 Å². The predicted octanol–water partition coefficient (Wildman–Crippen LogP) is 3.86. The minimum atomic E-state index is -0.468. The van der Waals surface area contributed by atoms with Gasteiger partial charge in [-0.1, -0.05) is 11.6 Å². The van der Waals surface area contributed by atoms with Gasteiger partial charge in [-0.15, -0.1) is 0 Å². The maximum atomic E-state index is 13.3. The number of nitrogens with zero attached hydrogens (tertiary/aromatic N) is 2. The summed E-state index contributed by atoms with van der Waals surface area (Å²) in [6, 6.07) is 9.06. The van der Waals surface area contributed by atoms with Crippen molar-refractivity contribution >= 4 is 28.5 Å². The molecule has 2 unspecified atom stereocenters. The van der Waals surface area contributed by atoms with E-state index in [0.717, 1.165) is 11.3 Å². The number of aromatic nitrogens is 2. The lowest BCUT2D eigenvalue weighted by Gasteiger charge is -2.16. The molecule has 2 aromatic carbocycles. The molecular formula is C20H19ClF2N4O. The summed E-state index contributed by atoms with van der Waals surface area (Å²) in [7, 11) is 0. The Balaban J connectivity index is 1.29. The van der Waals surface area contributed by atoms with Crippen molar-refractivity contribution in [2.75, 3.05) is 13.1 Å². The summed E-state index contributed by atoms with van der Waals surface area (Å²) in [5, 5.41) is 3.45. The molecule has 0 spiro atoms. The Morgan fingerprint density at radius 2 is 2.14 bits per heavy atom. The van der Waals surface area contributed by atoms with Gasteiger partial charge in [0.2, 0.25) is 5.90 Å². The molecule has 2 heterocycles. The van der Waals surface area contributed by atoms with E-state index in [1.165, 1.54) is 24.3 Å². The summed E-state index contributed by atoms with van der Waals surface area (Å²) in [4.78, 5) is 12.0. The molecule has 3 aromatic rings. The zero-order chi connectivity index (χ0) is 19.7. The molecule has 0 bridgehead atoms. The summed E-state index contributed by atoms with van der Waals surface area (Å²) >= 11 is 5.82. The molecule has 28 heavy (non-hydrogen) atoms. The van der Waals surface area contributed by atoms with Crippen LogP contribution in [0.5, 0.6) is 0 Å². The second-order valence-corrected chi connectivity index (χ2v) is 7.28. The third-order valence-electron chi connectivity index (χ3n) is 4.57. The van der Waals surface area contributed by atoms with Gasteiger partial charge in [-0.2, -0.15) is 0 Å². The van der Waals surface area contributed by atoms with E-state index in [1.807, 2.05) is 6.92 Å². The highest BCUT2D eigenvalue weighted by Crippen LogP contribution is 2.19. The summed E-state index contributed by atoms with van der Waals surface area (Å²) in [5.41, 5.74) is 2.10. The van der Waals surface area contributed by atoms with Crippen molar-refractivity contribution in [2.24, 2.45) is 4.99 Å². The minimum absolute atomic E-state index is 0.0460. The molecule has 0 saturated carbocycles. The van der Waals surface area contributed by atoms with Gasteiger partial charge >= 0.3 is 0 Å². The molecule has 5 nitrogen and oxygen atoms in total. The number of rotatable bonds is 6. The molecule has 0 saturated heterocycles. The number of halogens is 3. The van der Waals surface area contributed by atoms with Crippen molar-refractivity contribution in [3.8, 4) is 0 Å². The van der Waals surface area contributed by atoms with E-state index in [2.05, 4.69) is 20.3 Å². The maximum absolute atomic E-state index is 13.3. The first-order chi connectivity index (χ1) is 13.5. The average molecular weight is 405 g/mol. The van der Waals surface area contributed by atoms with Crippen LogP contribution in [0.15, 0.2) is 41.4 Å². The monoisotopic (exact) mass is 404 g/mol. The predicted molar refractivity (Wildman–Crippen MR) is 105 cm³/mol. The number of ether oxygens (including phenoxy) is 1. The van der Waals surface area contributed by atoms with E-state index in [0.29, 0.717) is 36.5 Å². The molecule has 1 aromatic heterocycles. The number of hydrogen-bond donors (Lipinski definition) is 2. The third kappa shape index (κ3) is 4.15. The van der Waals surface area contributed by atoms with E-state index in [9.17, 15) is 8.78 Å². The molecular weight excluding hydrogens is 386 g/mol. The second kappa shape index (κ2) is 7.85. The highest BCUT2D eigenvalue weighted by Gasteiger charge is 2.22. The molecule has 1 aliphatic heterocycles. The lowest BCUT2D eigenvalue weighted by molar-refractivity contribution is 0.215. The van der Waals surface area contributed by atoms with Crippen molar-refractivity contribution in [1.29, 1.82) is 0 Å². The Bertz CT molecular complexity index is 1040. The van der Waals surface area contributed by atoms with Gasteiger partial charge < -0.3 is 15.0 Å². The Labute approximate surface area is 165 Å². The van der Waals surface area contributed by atoms with Gasteiger partial charge in [-0.25, -0.2) is 18.8 Å². The maximum Gasteiger partial charge on any atom is 0.216 e. The van der Waals surface area contributed by atoms with Crippen molar-refractivity contribution in [3.05, 3.63) is 64.4 Å². The van der Waals surface area contributed by atoms with Crippen LogP contribution in [0, 0.1) is 11.6 Å². The Hall–Kier alpha value is -2.51. The molecule has 4 rings (SSSR count). The number of fused-ring (bicyclic) bond motifs is 1. The highest BCUT2D eigenvalue weighted by atomic mass is 35.5. The van der Waals surface area contributed by atoms with Crippen LogP contribution >= 0.6 is 11.6 Å². The fraction of sp³-hybridized carbons (Fsp3) is 0.300. The second-order valence-electron chi connectivity index (χ2n) is 6.87. The van der Waals surface area contributed by atoms with Crippen LogP contribution in [0.25, 0.3) is 11.0 Å². The summed E-state index contributed by atoms with van der Waals surface area (Å²) < 4.78 is 32.4. The van der Waals surface area contributed by atoms with Gasteiger partial charge in [0.15, 0.2) is 0 Å². The van der Waals surface area contributed by atoms with Crippen LogP contribution in [0.3, 0.4) is 0 Å². The van der Waals surface area contributed by atoms with E-state index in [-0.39, 0.29) is 23.0 Å². The normalized spacial score (nSPS) is 17.6. The SMILES string of the molecule is CC(Cc1nc2ccc(F)cc2[nH]1)NCC1CN=C(c2ccc(F)c(Cl)c2)O1. The van der Waals surface area contributed by atoms with Crippen molar-refractivity contribution < 1.29 is 13.5 Å². The van der Waals surface area contributed by atoms with Crippen molar-refractivity contribution in [2.45, 2.75) is 25.5 Å². The molecule has 0 aliphatic carbocycles. The van der Waals surface area contributed by atoms with E-state index >= 15 is 0 Å². The lowest BCUT2D eigenvalue weighted by atomic mass is 10.2. The van der Waals surface area contributed by atoms with Crippen molar-refractivity contribution in [3.63, 3.8) is 0 Å². The first-order valence-corrected chi connectivity index (χ1v) is 9.40. The van der Waals surface area contributed by atoms with Crippen LogP contribution in [-0.2, 0) is 11.2 Å². The van der Waals surface area contributed by atoms with Crippen LogP contribution in [0.4, 0.5) is 8.78 Å². The number of aliphatic imine (C=N–C) groups is 1. The topological polar surface area (TPSA) is 62.3 Å². The molecule has 2 atom stereocenters. The van der Waals surface area contributed by atoms with Gasteiger partial charge in [0, 0.05) is 24.6 Å². The Morgan fingerprint density at radius 1 is 1.29 bits per heavy atom. The quantitative estimate of drug-likeness (QED) is 0.655. The van der Waals surface area contributed by atoms with Gasteiger partial charge in [0.25, 0.3) is 0 Å². The van der Waals surface area contributed by atoms with Gasteiger partial charge in [0.1, 0.15) is 23.6 Å². The van der Waals surface area contributed by atoms with Crippen LogP contribution in [0.2, 0.25) is 5.02 Å². The standard InChI is InChI=1S/C20H19ClF2N4O/c1-11(6-19-26-17-5-3-13(22)8-18(17)27-19)24-9-14-10-25-20(28-14)12-2-4-16(23)15(21)7-12/h2-5,7-8,11,14,24H,6,9-10H2,1H3,(H,26,27). The highest BCUT2D eigenvalue weighted by molar-refractivity contribution is 6.31. The molecule has 146 valence electrons. The fourth-order valence-corrected chi connectivity index (χ4v) is 3.32. The average Bonchev–Trinajstić information content (AvgIpc) is 3.28. The van der Waals surface area contributed by atoms with Crippen LogP contribution in [0.1, 0.15) is 18.3 Å². The largest absolute Gasteiger partial charge is 0.471 e. The fourth-order valence-electron chi connectivity index (χ4n) is 3.14. The minimum Gasteiger partial charge on any atom is -0.471 e. The third-order valence-corrected chi connectivity index (χ3v) is 4.86. The summed E-state index contributed by atoms with van der Waals surface area (Å²) in [6.07, 6.45) is 0.565. The van der Waals surface area contributed by atoms with Gasteiger partial charge in [-0.3, -0.25) is 0 Å². The number of hydrogen-bond acceptors (Lipinski definition) is 4. The Kier molecular flexibility index (Phi) is 5.28. The van der Waals surface area contributed by atoms with Crippen LogP contribution < -0.4 is 5.32 Å². The summed E-state index contributed by atoms with van der Waals surface area (Å²) in [5.74, 6) is 0.515. The smallest absolute Gasteiger partial charge is 0.216 e. The number of benzene rings is 2. The van der Waals surface area contributed by atoms with E-state index in [1.54, 1.807) is 12.1 Å². The summed E-state index contributed by atoms with van der Waals surface area (Å²) in [6.45, 7) is 3.18. The first kappa shape index (κ1) is 18.8.